The van der Waals surface area contributed by atoms with Crippen LogP contribution < -0.4 is 5.32 Å². The van der Waals surface area contributed by atoms with E-state index in [2.05, 4.69) is 30.0 Å². The zero-order valence-corrected chi connectivity index (χ0v) is 7.66. The average Bonchev–Trinajstić information content (AvgIpc) is 1.89. The number of nitrogens with one attached hydrogen (secondary N) is 1. The van der Waals surface area contributed by atoms with Gasteiger partial charge in [-0.1, -0.05) is 6.08 Å². The maximum absolute atomic E-state index is 3.21. The summed E-state index contributed by atoms with van der Waals surface area (Å²) in [5.41, 5.74) is 1.23. The summed E-state index contributed by atoms with van der Waals surface area (Å²) in [6.07, 6.45) is 2.03. The molecular weight excluding hydrogens is 142 g/mol. The molecule has 1 N–H and O–H groups in total. The standard InChI is InChI=1S/C8H15NS/c1-4-6-10-7-8(3)9-5-2/h4,6-7,9H,5H2,1-3H3/b6-4+,8-7-. The minimum atomic E-state index is 0.999. The number of hydrogen-bond donors (Lipinski definition) is 1. The van der Waals surface area contributed by atoms with E-state index in [0.29, 0.717) is 0 Å². The third-order valence-corrected chi connectivity index (χ3v) is 1.83. The molecule has 0 aromatic heterocycles. The van der Waals surface area contributed by atoms with Gasteiger partial charge in [0, 0.05) is 12.2 Å². The van der Waals surface area contributed by atoms with Crippen LogP contribution in [0, 0.1) is 0 Å². The van der Waals surface area contributed by atoms with E-state index in [-0.39, 0.29) is 0 Å². The molecule has 0 amide bonds. The Morgan fingerprint density at radius 2 is 2.30 bits per heavy atom. The van der Waals surface area contributed by atoms with E-state index in [0.717, 1.165) is 6.54 Å². The predicted octanol–water partition coefficient (Wildman–Crippen LogP) is 2.72. The lowest BCUT2D eigenvalue weighted by molar-refractivity contribution is 0.857. The van der Waals surface area contributed by atoms with Gasteiger partial charge < -0.3 is 5.32 Å². The second-order valence-corrected chi connectivity index (χ2v) is 2.72. The van der Waals surface area contributed by atoms with Crippen molar-refractivity contribution in [1.82, 2.24) is 5.32 Å². The first kappa shape index (κ1) is 9.63. The van der Waals surface area contributed by atoms with Crippen LogP contribution in [0.3, 0.4) is 0 Å². The van der Waals surface area contributed by atoms with Crippen LogP contribution in [0.4, 0.5) is 0 Å². The van der Waals surface area contributed by atoms with Gasteiger partial charge >= 0.3 is 0 Å². The molecule has 0 heterocycles. The van der Waals surface area contributed by atoms with E-state index in [1.165, 1.54) is 5.70 Å². The molecule has 0 saturated carbocycles. The summed E-state index contributed by atoms with van der Waals surface area (Å²) >= 11 is 1.70. The Kier molecular flexibility index (Phi) is 6.50. The molecule has 0 atom stereocenters. The summed E-state index contributed by atoms with van der Waals surface area (Å²) < 4.78 is 0. The van der Waals surface area contributed by atoms with Crippen LogP contribution >= 0.6 is 11.8 Å². The van der Waals surface area contributed by atoms with Crippen molar-refractivity contribution in [2.75, 3.05) is 6.54 Å². The van der Waals surface area contributed by atoms with Crippen molar-refractivity contribution in [3.8, 4) is 0 Å². The van der Waals surface area contributed by atoms with E-state index < -0.39 is 0 Å². The molecule has 0 unspecified atom stereocenters. The van der Waals surface area contributed by atoms with Crippen LogP contribution in [0.15, 0.2) is 22.6 Å². The summed E-state index contributed by atoms with van der Waals surface area (Å²) in [5, 5.41) is 7.37. The number of thioether (sulfide) groups is 1. The maximum Gasteiger partial charge on any atom is 0.0142 e. The van der Waals surface area contributed by atoms with Gasteiger partial charge in [0.15, 0.2) is 0 Å². The Labute approximate surface area is 67.6 Å². The lowest BCUT2D eigenvalue weighted by atomic mass is 10.5. The van der Waals surface area contributed by atoms with E-state index >= 15 is 0 Å². The molecule has 0 aliphatic rings. The Morgan fingerprint density at radius 1 is 1.60 bits per heavy atom. The van der Waals surface area contributed by atoms with E-state index in [1.54, 1.807) is 11.8 Å². The summed E-state index contributed by atoms with van der Waals surface area (Å²) in [6.45, 7) is 7.18. The molecule has 10 heavy (non-hydrogen) atoms. The van der Waals surface area contributed by atoms with Gasteiger partial charge in [0.25, 0.3) is 0 Å². The van der Waals surface area contributed by atoms with Crippen molar-refractivity contribution < 1.29 is 0 Å². The topological polar surface area (TPSA) is 12.0 Å². The van der Waals surface area contributed by atoms with Crippen molar-refractivity contribution in [1.29, 1.82) is 0 Å². The van der Waals surface area contributed by atoms with Gasteiger partial charge in [-0.25, -0.2) is 0 Å². The highest BCUT2D eigenvalue weighted by atomic mass is 32.2. The zero-order valence-electron chi connectivity index (χ0n) is 6.85. The van der Waals surface area contributed by atoms with Crippen molar-refractivity contribution in [3.05, 3.63) is 22.6 Å². The first-order valence-electron chi connectivity index (χ1n) is 3.48. The first-order chi connectivity index (χ1) is 4.81. The second-order valence-electron chi connectivity index (χ2n) is 1.94. The number of hydrogen-bond acceptors (Lipinski definition) is 2. The van der Waals surface area contributed by atoms with Gasteiger partial charge in [-0.05, 0) is 31.6 Å². The molecule has 0 radical (unpaired) electrons. The average molecular weight is 157 g/mol. The highest BCUT2D eigenvalue weighted by molar-refractivity contribution is 8.04. The monoisotopic (exact) mass is 157 g/mol. The van der Waals surface area contributed by atoms with Crippen molar-refractivity contribution in [3.63, 3.8) is 0 Å². The molecule has 0 aromatic carbocycles. The molecule has 0 aliphatic heterocycles. The maximum atomic E-state index is 3.21. The molecule has 0 aliphatic carbocycles. The van der Waals surface area contributed by atoms with Crippen molar-refractivity contribution in [2.24, 2.45) is 0 Å². The second kappa shape index (κ2) is 6.75. The highest BCUT2D eigenvalue weighted by Gasteiger charge is 1.80. The summed E-state index contributed by atoms with van der Waals surface area (Å²) in [5.74, 6) is 0. The van der Waals surface area contributed by atoms with Crippen molar-refractivity contribution in [2.45, 2.75) is 20.8 Å². The zero-order chi connectivity index (χ0) is 7.82. The number of rotatable bonds is 4. The molecule has 0 aromatic rings. The largest absolute Gasteiger partial charge is 0.388 e. The normalized spacial score (nSPS) is 12.5. The van der Waals surface area contributed by atoms with Crippen LogP contribution in [-0.4, -0.2) is 6.54 Å². The molecule has 0 rings (SSSR count). The Balaban J connectivity index is 3.47. The van der Waals surface area contributed by atoms with Crippen LogP contribution in [0.1, 0.15) is 20.8 Å². The third kappa shape index (κ3) is 5.76. The molecule has 0 saturated heterocycles. The minimum Gasteiger partial charge on any atom is -0.388 e. The van der Waals surface area contributed by atoms with Crippen LogP contribution in [0.25, 0.3) is 0 Å². The van der Waals surface area contributed by atoms with Gasteiger partial charge in [-0.3, -0.25) is 0 Å². The summed E-state index contributed by atoms with van der Waals surface area (Å²) in [7, 11) is 0. The Bertz CT molecular complexity index is 127. The molecule has 1 nitrogen and oxygen atoms in total. The fraction of sp³-hybridized carbons (Fsp3) is 0.500. The fourth-order valence-electron chi connectivity index (χ4n) is 0.540. The van der Waals surface area contributed by atoms with Gasteiger partial charge in [0.2, 0.25) is 0 Å². The predicted molar refractivity (Wildman–Crippen MR) is 49.8 cm³/mol. The quantitative estimate of drug-likeness (QED) is 0.673. The van der Waals surface area contributed by atoms with E-state index in [4.69, 9.17) is 0 Å². The minimum absolute atomic E-state index is 0.999. The molecule has 2 heteroatoms. The van der Waals surface area contributed by atoms with E-state index in [9.17, 15) is 0 Å². The first-order valence-corrected chi connectivity index (χ1v) is 4.42. The third-order valence-electron chi connectivity index (χ3n) is 0.915. The Hall–Kier alpha value is -0.370. The molecule has 0 bridgehead atoms. The van der Waals surface area contributed by atoms with Gasteiger partial charge in [0.1, 0.15) is 0 Å². The number of allylic oxidation sites excluding steroid dienone is 2. The highest BCUT2D eigenvalue weighted by Crippen LogP contribution is 2.05. The lowest BCUT2D eigenvalue weighted by Gasteiger charge is -1.99. The molecule has 0 spiro atoms. The van der Waals surface area contributed by atoms with E-state index in [1.807, 2.05) is 13.0 Å². The lowest BCUT2D eigenvalue weighted by Crippen LogP contribution is -2.08. The molecule has 58 valence electrons. The SMILES string of the molecule is C/C=C/S/C=C(/C)NCC. The van der Waals surface area contributed by atoms with Gasteiger partial charge in [0.05, 0.1) is 0 Å². The van der Waals surface area contributed by atoms with Gasteiger partial charge in [-0.15, -0.1) is 11.8 Å². The summed E-state index contributed by atoms with van der Waals surface area (Å²) in [4.78, 5) is 0. The van der Waals surface area contributed by atoms with Crippen LogP contribution in [0.2, 0.25) is 0 Å². The summed E-state index contributed by atoms with van der Waals surface area (Å²) in [6, 6.07) is 0. The molecular formula is C8H15NS. The van der Waals surface area contributed by atoms with Crippen LogP contribution in [0.5, 0.6) is 0 Å². The molecule has 0 fully saturated rings. The van der Waals surface area contributed by atoms with Gasteiger partial charge in [-0.2, -0.15) is 0 Å². The Morgan fingerprint density at radius 3 is 2.80 bits per heavy atom. The van der Waals surface area contributed by atoms with Crippen LogP contribution in [-0.2, 0) is 0 Å². The smallest absolute Gasteiger partial charge is 0.0142 e. The van der Waals surface area contributed by atoms with Crippen molar-refractivity contribution >= 4 is 11.8 Å². The fourth-order valence-corrected chi connectivity index (χ4v) is 1.06.